The Balaban J connectivity index is 2.14. The number of carbonyl (C=O) groups is 1. The van der Waals surface area contributed by atoms with Crippen LogP contribution in [-0.2, 0) is 6.54 Å². The van der Waals surface area contributed by atoms with E-state index in [-0.39, 0.29) is 5.91 Å². The Morgan fingerprint density at radius 3 is 2.29 bits per heavy atom. The minimum absolute atomic E-state index is 0.0708. The second-order valence-corrected chi connectivity index (χ2v) is 5.78. The zero-order valence-corrected chi connectivity index (χ0v) is 14.8. The zero-order chi connectivity index (χ0) is 17.4. The summed E-state index contributed by atoms with van der Waals surface area (Å²) in [5.41, 5.74) is 2.32. The SMILES string of the molecule is CCN(CC)CCN(Cc1ccccc1)C(=O)c1cnc(C)cn1. The van der Waals surface area contributed by atoms with Crippen molar-refractivity contribution in [3.8, 4) is 0 Å². The maximum Gasteiger partial charge on any atom is 0.274 e. The molecule has 0 unspecified atom stereocenters. The number of carbonyl (C=O) groups excluding carboxylic acids is 1. The molecule has 0 saturated carbocycles. The van der Waals surface area contributed by atoms with Crippen molar-refractivity contribution in [3.63, 3.8) is 0 Å². The first-order valence-corrected chi connectivity index (χ1v) is 8.48. The van der Waals surface area contributed by atoms with E-state index in [0.29, 0.717) is 18.8 Å². The molecular formula is C19H26N4O. The lowest BCUT2D eigenvalue weighted by Gasteiger charge is -2.26. The van der Waals surface area contributed by atoms with E-state index >= 15 is 0 Å². The quantitative estimate of drug-likeness (QED) is 0.748. The number of likely N-dealkylation sites (N-methyl/N-ethyl adjacent to an activating group) is 1. The van der Waals surface area contributed by atoms with Crippen LogP contribution in [0.5, 0.6) is 0 Å². The minimum Gasteiger partial charge on any atom is -0.332 e. The molecular weight excluding hydrogens is 300 g/mol. The van der Waals surface area contributed by atoms with Gasteiger partial charge < -0.3 is 9.80 Å². The molecule has 5 heteroatoms. The van der Waals surface area contributed by atoms with E-state index in [1.54, 1.807) is 12.4 Å². The second kappa shape index (κ2) is 9.13. The molecule has 0 aliphatic heterocycles. The Morgan fingerprint density at radius 2 is 1.71 bits per heavy atom. The maximum absolute atomic E-state index is 12.9. The van der Waals surface area contributed by atoms with Crippen molar-refractivity contribution in [1.29, 1.82) is 0 Å². The van der Waals surface area contributed by atoms with E-state index in [9.17, 15) is 4.79 Å². The summed E-state index contributed by atoms with van der Waals surface area (Å²) in [6.07, 6.45) is 3.20. The maximum atomic E-state index is 12.9. The first-order valence-electron chi connectivity index (χ1n) is 8.48. The fourth-order valence-corrected chi connectivity index (χ4v) is 2.52. The molecule has 0 saturated heterocycles. The van der Waals surface area contributed by atoms with Gasteiger partial charge in [-0.3, -0.25) is 9.78 Å². The summed E-state index contributed by atoms with van der Waals surface area (Å²) in [7, 11) is 0. The van der Waals surface area contributed by atoms with Gasteiger partial charge in [0.1, 0.15) is 5.69 Å². The van der Waals surface area contributed by atoms with Crippen LogP contribution in [0, 0.1) is 6.92 Å². The first kappa shape index (κ1) is 18.1. The second-order valence-electron chi connectivity index (χ2n) is 5.78. The molecule has 1 aromatic heterocycles. The molecule has 0 aliphatic rings. The van der Waals surface area contributed by atoms with Crippen molar-refractivity contribution in [2.24, 2.45) is 0 Å². The molecule has 1 amide bonds. The number of benzene rings is 1. The molecule has 1 heterocycles. The van der Waals surface area contributed by atoms with Crippen LogP contribution >= 0.6 is 0 Å². The minimum atomic E-state index is -0.0708. The summed E-state index contributed by atoms with van der Waals surface area (Å²) in [5, 5.41) is 0. The topological polar surface area (TPSA) is 49.3 Å². The van der Waals surface area contributed by atoms with Gasteiger partial charge in [0.25, 0.3) is 5.91 Å². The van der Waals surface area contributed by atoms with Crippen molar-refractivity contribution >= 4 is 5.91 Å². The highest BCUT2D eigenvalue weighted by Crippen LogP contribution is 2.09. The van der Waals surface area contributed by atoms with Gasteiger partial charge in [-0.15, -0.1) is 0 Å². The molecule has 0 fully saturated rings. The van der Waals surface area contributed by atoms with Crippen LogP contribution in [0.2, 0.25) is 0 Å². The van der Waals surface area contributed by atoms with E-state index in [4.69, 9.17) is 0 Å². The van der Waals surface area contributed by atoms with Crippen molar-refractivity contribution in [2.45, 2.75) is 27.3 Å². The molecule has 0 radical (unpaired) electrons. The third-order valence-electron chi connectivity index (χ3n) is 4.08. The predicted octanol–water partition coefficient (Wildman–Crippen LogP) is 2.77. The summed E-state index contributed by atoms with van der Waals surface area (Å²) in [6, 6.07) is 10.1. The van der Waals surface area contributed by atoms with Crippen molar-refractivity contribution in [2.75, 3.05) is 26.2 Å². The fraction of sp³-hybridized carbons (Fsp3) is 0.421. The van der Waals surface area contributed by atoms with Crippen LogP contribution in [0.1, 0.15) is 35.6 Å². The van der Waals surface area contributed by atoms with Crippen molar-refractivity contribution < 1.29 is 4.79 Å². The van der Waals surface area contributed by atoms with Crippen LogP contribution < -0.4 is 0 Å². The third-order valence-corrected chi connectivity index (χ3v) is 4.08. The Kier molecular flexibility index (Phi) is 6.88. The van der Waals surface area contributed by atoms with Gasteiger partial charge in [-0.1, -0.05) is 44.2 Å². The Hall–Kier alpha value is -2.27. The van der Waals surface area contributed by atoms with E-state index < -0.39 is 0 Å². The van der Waals surface area contributed by atoms with Gasteiger partial charge in [0.05, 0.1) is 11.9 Å². The van der Waals surface area contributed by atoms with Crippen molar-refractivity contribution in [3.05, 3.63) is 59.7 Å². The molecule has 2 rings (SSSR count). The number of aromatic nitrogens is 2. The monoisotopic (exact) mass is 326 g/mol. The molecule has 0 N–H and O–H groups in total. The normalized spacial score (nSPS) is 10.8. The average Bonchev–Trinajstić information content (AvgIpc) is 2.62. The molecule has 0 bridgehead atoms. The molecule has 128 valence electrons. The molecule has 0 atom stereocenters. The average molecular weight is 326 g/mol. The highest BCUT2D eigenvalue weighted by Gasteiger charge is 2.18. The lowest BCUT2D eigenvalue weighted by atomic mass is 10.2. The largest absolute Gasteiger partial charge is 0.332 e. The number of nitrogens with zero attached hydrogens (tertiary/aromatic N) is 4. The number of amides is 1. The molecule has 24 heavy (non-hydrogen) atoms. The van der Waals surface area contributed by atoms with Gasteiger partial charge in [0.2, 0.25) is 0 Å². The molecule has 2 aromatic rings. The molecule has 0 aliphatic carbocycles. The number of aryl methyl sites for hydroxylation is 1. The van der Waals surface area contributed by atoms with Crippen LogP contribution in [0.15, 0.2) is 42.7 Å². The van der Waals surface area contributed by atoms with Crippen LogP contribution in [0.3, 0.4) is 0 Å². The summed E-state index contributed by atoms with van der Waals surface area (Å²) >= 11 is 0. The Labute approximate surface area is 144 Å². The van der Waals surface area contributed by atoms with Gasteiger partial charge in [0, 0.05) is 25.8 Å². The number of rotatable bonds is 8. The zero-order valence-electron chi connectivity index (χ0n) is 14.8. The standard InChI is InChI=1S/C19H26N4O/c1-4-22(5-2)11-12-23(15-17-9-7-6-8-10-17)19(24)18-14-20-16(3)13-21-18/h6-10,13-14H,4-5,11-12,15H2,1-3H3. The summed E-state index contributed by atoms with van der Waals surface area (Å²) in [6.45, 7) is 10.2. The van der Waals surface area contributed by atoms with Crippen molar-refractivity contribution in [1.82, 2.24) is 19.8 Å². The van der Waals surface area contributed by atoms with Gasteiger partial charge >= 0.3 is 0 Å². The van der Waals surface area contributed by atoms with E-state index in [1.165, 1.54) is 0 Å². The van der Waals surface area contributed by atoms with Gasteiger partial charge in [-0.2, -0.15) is 0 Å². The van der Waals surface area contributed by atoms with Crippen LogP contribution in [-0.4, -0.2) is 51.9 Å². The first-order chi connectivity index (χ1) is 11.6. The van der Waals surface area contributed by atoms with Gasteiger partial charge in [-0.05, 0) is 25.6 Å². The summed E-state index contributed by atoms with van der Waals surface area (Å²) < 4.78 is 0. The van der Waals surface area contributed by atoms with E-state index in [1.807, 2.05) is 42.2 Å². The third kappa shape index (κ3) is 5.13. The van der Waals surface area contributed by atoms with Crippen LogP contribution in [0.4, 0.5) is 0 Å². The number of hydrogen-bond donors (Lipinski definition) is 0. The number of hydrogen-bond acceptors (Lipinski definition) is 4. The summed E-state index contributed by atoms with van der Waals surface area (Å²) in [5.74, 6) is -0.0708. The van der Waals surface area contributed by atoms with E-state index in [0.717, 1.165) is 30.9 Å². The fourth-order valence-electron chi connectivity index (χ4n) is 2.52. The lowest BCUT2D eigenvalue weighted by molar-refractivity contribution is 0.0717. The highest BCUT2D eigenvalue weighted by molar-refractivity contribution is 5.92. The van der Waals surface area contributed by atoms with Gasteiger partial charge in [0.15, 0.2) is 0 Å². The lowest BCUT2D eigenvalue weighted by Crippen LogP contribution is -2.38. The smallest absolute Gasteiger partial charge is 0.274 e. The molecule has 5 nitrogen and oxygen atoms in total. The Morgan fingerprint density at radius 1 is 1.00 bits per heavy atom. The summed E-state index contributed by atoms with van der Waals surface area (Å²) in [4.78, 5) is 25.5. The highest BCUT2D eigenvalue weighted by atomic mass is 16.2. The van der Waals surface area contributed by atoms with Gasteiger partial charge in [-0.25, -0.2) is 4.98 Å². The van der Waals surface area contributed by atoms with Crippen LogP contribution in [0.25, 0.3) is 0 Å². The predicted molar refractivity (Wildman–Crippen MR) is 95.7 cm³/mol. The van der Waals surface area contributed by atoms with E-state index in [2.05, 4.69) is 28.7 Å². The molecule has 1 aromatic carbocycles. The Bertz CT molecular complexity index is 624. The molecule has 0 spiro atoms.